The highest BCUT2D eigenvalue weighted by molar-refractivity contribution is 5.89. The van der Waals surface area contributed by atoms with Crippen molar-refractivity contribution in [2.45, 2.75) is 13.2 Å². The van der Waals surface area contributed by atoms with E-state index in [0.29, 0.717) is 17.0 Å². The quantitative estimate of drug-likeness (QED) is 0.681. The van der Waals surface area contributed by atoms with E-state index in [1.807, 2.05) is 6.07 Å². The second kappa shape index (κ2) is 6.14. The lowest BCUT2D eigenvalue weighted by molar-refractivity contribution is 0.209. The molecule has 0 atom stereocenters. The normalized spacial score (nSPS) is 10.3. The second-order valence-electron chi connectivity index (χ2n) is 4.10. The zero-order valence-electron chi connectivity index (χ0n) is 10.6. The minimum atomic E-state index is -1.22. The van der Waals surface area contributed by atoms with Gasteiger partial charge < -0.3 is 15.3 Å². The minimum absolute atomic E-state index is 0.268. The third-order valence-electron chi connectivity index (χ3n) is 2.80. The van der Waals surface area contributed by atoms with Crippen molar-refractivity contribution in [2.24, 2.45) is 0 Å². The van der Waals surface area contributed by atoms with E-state index >= 15 is 0 Å². The van der Waals surface area contributed by atoms with E-state index in [4.69, 9.17) is 5.11 Å². The van der Waals surface area contributed by atoms with Crippen molar-refractivity contribution < 1.29 is 20.1 Å². The Hall–Kier alpha value is -2.44. The first kappa shape index (κ1) is 14.0. The maximum Gasteiger partial charge on any atom is 0.409 e. The van der Waals surface area contributed by atoms with E-state index in [1.54, 1.807) is 24.3 Å². The van der Waals surface area contributed by atoms with Crippen LogP contribution in [0.15, 0.2) is 36.4 Å². The van der Waals surface area contributed by atoms with Crippen molar-refractivity contribution in [3.05, 3.63) is 47.7 Å². The first-order valence-corrected chi connectivity index (χ1v) is 5.95. The number of carboxylic acid groups (broad SMARTS) is 1. The smallest absolute Gasteiger partial charge is 0.409 e. The number of hydrogen-bond donors (Lipinski definition) is 4. The fraction of sp³-hybridized carbons (Fsp3) is 0.143. The molecule has 20 heavy (non-hydrogen) atoms. The van der Waals surface area contributed by atoms with Crippen LogP contribution in [0.5, 0.6) is 0 Å². The first-order valence-electron chi connectivity index (χ1n) is 5.95. The van der Waals surface area contributed by atoms with Crippen LogP contribution in [-0.2, 0) is 13.2 Å². The molecule has 0 radical (unpaired) electrons. The maximum absolute atomic E-state index is 10.9. The van der Waals surface area contributed by atoms with E-state index in [0.717, 1.165) is 5.56 Å². The summed E-state index contributed by atoms with van der Waals surface area (Å²) in [7, 11) is 0. The zero-order valence-corrected chi connectivity index (χ0v) is 10.6. The van der Waals surface area contributed by atoms with Crippen LogP contribution < -0.4 is 5.32 Å². The van der Waals surface area contributed by atoms with Crippen LogP contribution in [0.25, 0.3) is 11.3 Å². The van der Waals surface area contributed by atoms with Crippen molar-refractivity contribution in [3.63, 3.8) is 0 Å². The predicted molar refractivity (Wildman–Crippen MR) is 73.2 cm³/mol. The zero-order chi connectivity index (χ0) is 14.5. The van der Waals surface area contributed by atoms with Gasteiger partial charge in [-0.1, -0.05) is 30.3 Å². The number of carbonyl (C=O) groups is 1. The topological polar surface area (TPSA) is 103 Å². The molecular formula is C14H14N2O4. The number of amides is 1. The molecule has 1 aromatic heterocycles. The molecule has 0 aliphatic heterocycles. The lowest BCUT2D eigenvalue weighted by atomic mass is 10.1. The summed E-state index contributed by atoms with van der Waals surface area (Å²) in [5, 5.41) is 29.7. The third-order valence-corrected chi connectivity index (χ3v) is 2.80. The van der Waals surface area contributed by atoms with Gasteiger partial charge in [-0.25, -0.2) is 9.78 Å². The van der Waals surface area contributed by atoms with E-state index in [-0.39, 0.29) is 18.9 Å². The number of aliphatic hydroxyl groups excluding tert-OH is 2. The van der Waals surface area contributed by atoms with Gasteiger partial charge >= 0.3 is 6.09 Å². The lowest BCUT2D eigenvalue weighted by Gasteiger charge is -2.13. The highest BCUT2D eigenvalue weighted by Gasteiger charge is 2.14. The molecule has 1 amide bonds. The molecule has 6 heteroatoms. The average molecular weight is 274 g/mol. The largest absolute Gasteiger partial charge is 0.465 e. The van der Waals surface area contributed by atoms with Crippen LogP contribution in [0.2, 0.25) is 0 Å². The predicted octanol–water partition coefficient (Wildman–Crippen LogP) is 1.82. The standard InChI is InChI=1S/C14H14N2O4/c17-7-10-6-11(16-14(19)20)13(15-12(10)8-18)9-4-2-1-3-5-9/h1-6,16-18H,7-8H2,(H,19,20). The number of nitrogens with one attached hydrogen (secondary N) is 1. The van der Waals surface area contributed by atoms with Gasteiger partial charge in [0.2, 0.25) is 0 Å². The van der Waals surface area contributed by atoms with Crippen LogP contribution >= 0.6 is 0 Å². The summed E-state index contributed by atoms with van der Waals surface area (Å²) in [6.45, 7) is -0.657. The Morgan fingerprint density at radius 2 is 1.85 bits per heavy atom. The lowest BCUT2D eigenvalue weighted by Crippen LogP contribution is -2.11. The molecule has 2 aromatic rings. The number of aromatic nitrogens is 1. The van der Waals surface area contributed by atoms with Gasteiger partial charge in [0.15, 0.2) is 0 Å². The molecule has 0 aliphatic rings. The van der Waals surface area contributed by atoms with Crippen molar-refractivity contribution in [2.75, 3.05) is 5.32 Å². The number of benzene rings is 1. The van der Waals surface area contributed by atoms with Gasteiger partial charge in [0.05, 0.1) is 30.3 Å². The Labute approximate surface area is 115 Å². The maximum atomic E-state index is 10.9. The van der Waals surface area contributed by atoms with Crippen LogP contribution in [0, 0.1) is 0 Å². The Morgan fingerprint density at radius 1 is 1.15 bits per heavy atom. The number of pyridine rings is 1. The molecule has 0 fully saturated rings. The van der Waals surface area contributed by atoms with Crippen LogP contribution in [0.3, 0.4) is 0 Å². The SMILES string of the molecule is O=C(O)Nc1cc(CO)c(CO)nc1-c1ccccc1. The van der Waals surface area contributed by atoms with Gasteiger partial charge in [-0.2, -0.15) is 0 Å². The molecule has 0 aliphatic carbocycles. The number of hydrogen-bond acceptors (Lipinski definition) is 4. The van der Waals surface area contributed by atoms with Gasteiger partial charge in [0.1, 0.15) is 0 Å². The average Bonchev–Trinajstić information content (AvgIpc) is 2.47. The molecule has 1 heterocycles. The van der Waals surface area contributed by atoms with E-state index in [2.05, 4.69) is 10.3 Å². The van der Waals surface area contributed by atoms with Crippen molar-refractivity contribution in [3.8, 4) is 11.3 Å². The summed E-state index contributed by atoms with van der Waals surface area (Å²) in [6.07, 6.45) is -1.22. The molecule has 6 nitrogen and oxygen atoms in total. The summed E-state index contributed by atoms with van der Waals surface area (Å²) in [6, 6.07) is 10.5. The summed E-state index contributed by atoms with van der Waals surface area (Å²) >= 11 is 0. The molecule has 0 spiro atoms. The van der Waals surface area contributed by atoms with Crippen LogP contribution in [0.1, 0.15) is 11.3 Å². The van der Waals surface area contributed by atoms with Crippen LogP contribution in [0.4, 0.5) is 10.5 Å². The molecule has 0 bridgehead atoms. The minimum Gasteiger partial charge on any atom is -0.465 e. The number of nitrogens with zero attached hydrogens (tertiary/aromatic N) is 1. The third kappa shape index (κ3) is 2.93. The summed E-state index contributed by atoms with van der Waals surface area (Å²) in [5.74, 6) is 0. The van der Waals surface area contributed by atoms with Gasteiger partial charge in [0.25, 0.3) is 0 Å². The number of aliphatic hydroxyl groups is 2. The van der Waals surface area contributed by atoms with E-state index in [1.165, 1.54) is 6.07 Å². The number of rotatable bonds is 4. The van der Waals surface area contributed by atoms with Gasteiger partial charge in [-0.15, -0.1) is 0 Å². The number of anilines is 1. The van der Waals surface area contributed by atoms with Gasteiger partial charge in [-0.3, -0.25) is 5.32 Å². The Balaban J connectivity index is 2.60. The molecular weight excluding hydrogens is 260 g/mol. The summed E-state index contributed by atoms with van der Waals surface area (Å²) in [5.41, 5.74) is 2.10. The molecule has 0 saturated carbocycles. The Bertz CT molecular complexity index is 614. The Kier molecular flexibility index (Phi) is 4.29. The first-order chi connectivity index (χ1) is 9.65. The highest BCUT2D eigenvalue weighted by atomic mass is 16.4. The summed E-state index contributed by atoms with van der Waals surface area (Å²) < 4.78 is 0. The fourth-order valence-corrected chi connectivity index (χ4v) is 1.89. The van der Waals surface area contributed by atoms with Crippen molar-refractivity contribution >= 4 is 11.8 Å². The van der Waals surface area contributed by atoms with Crippen molar-refractivity contribution in [1.29, 1.82) is 0 Å². The van der Waals surface area contributed by atoms with E-state index < -0.39 is 6.09 Å². The van der Waals surface area contributed by atoms with E-state index in [9.17, 15) is 15.0 Å². The molecule has 1 aromatic carbocycles. The van der Waals surface area contributed by atoms with Crippen LogP contribution in [-0.4, -0.2) is 26.4 Å². The molecule has 4 N–H and O–H groups in total. The van der Waals surface area contributed by atoms with Crippen molar-refractivity contribution in [1.82, 2.24) is 4.98 Å². The fourth-order valence-electron chi connectivity index (χ4n) is 1.89. The second-order valence-corrected chi connectivity index (χ2v) is 4.10. The highest BCUT2D eigenvalue weighted by Crippen LogP contribution is 2.28. The molecule has 2 rings (SSSR count). The van der Waals surface area contributed by atoms with Gasteiger partial charge in [-0.05, 0) is 6.07 Å². The monoisotopic (exact) mass is 274 g/mol. The molecule has 0 unspecified atom stereocenters. The molecule has 0 saturated heterocycles. The Morgan fingerprint density at radius 3 is 2.40 bits per heavy atom. The van der Waals surface area contributed by atoms with Gasteiger partial charge in [0, 0.05) is 11.1 Å². The summed E-state index contributed by atoms with van der Waals surface area (Å²) in [4.78, 5) is 15.1. The molecule has 104 valence electrons.